The summed E-state index contributed by atoms with van der Waals surface area (Å²) in [5.41, 5.74) is 7.27. The van der Waals surface area contributed by atoms with Crippen LogP contribution in [0.4, 0.5) is 5.69 Å². The van der Waals surface area contributed by atoms with Gasteiger partial charge in [0.15, 0.2) is 0 Å². The Labute approximate surface area is 76.0 Å². The molecule has 0 radical (unpaired) electrons. The number of aromatic hydroxyl groups is 1. The van der Waals surface area contributed by atoms with E-state index in [4.69, 9.17) is 10.8 Å². The number of nitrogen functional groups attached to an aromatic ring is 1. The van der Waals surface area contributed by atoms with Crippen LogP contribution in [-0.4, -0.2) is 9.67 Å². The molecule has 1 heterocycles. The summed E-state index contributed by atoms with van der Waals surface area (Å²) in [7, 11) is 0. The number of rotatable bonds is 1. The Balaban J connectivity index is 2.41. The lowest BCUT2D eigenvalue weighted by Crippen LogP contribution is -1.90. The summed E-state index contributed by atoms with van der Waals surface area (Å²) in [5, 5.41) is 9.12. The SMILES string of the molecule is Nc1ccc(-n2ccc(O)c2)cc1. The molecule has 2 aromatic rings. The normalized spacial score (nSPS) is 10.2. The van der Waals surface area contributed by atoms with Gasteiger partial charge in [0, 0.05) is 17.6 Å². The monoisotopic (exact) mass is 174 g/mol. The second kappa shape index (κ2) is 2.86. The van der Waals surface area contributed by atoms with Crippen LogP contribution in [-0.2, 0) is 0 Å². The summed E-state index contributed by atoms with van der Waals surface area (Å²) >= 11 is 0. The fourth-order valence-electron chi connectivity index (χ4n) is 1.19. The van der Waals surface area contributed by atoms with Crippen LogP contribution in [0.3, 0.4) is 0 Å². The molecule has 1 aromatic heterocycles. The highest BCUT2D eigenvalue weighted by Crippen LogP contribution is 2.15. The lowest BCUT2D eigenvalue weighted by atomic mass is 10.3. The zero-order valence-electron chi connectivity index (χ0n) is 7.01. The first kappa shape index (κ1) is 7.73. The highest BCUT2D eigenvalue weighted by molar-refractivity contribution is 5.45. The van der Waals surface area contributed by atoms with E-state index in [2.05, 4.69) is 0 Å². The molecule has 66 valence electrons. The van der Waals surface area contributed by atoms with E-state index in [9.17, 15) is 0 Å². The van der Waals surface area contributed by atoms with Crippen LogP contribution in [0.15, 0.2) is 42.7 Å². The Hall–Kier alpha value is -1.90. The summed E-state index contributed by atoms with van der Waals surface area (Å²) in [4.78, 5) is 0. The van der Waals surface area contributed by atoms with Gasteiger partial charge in [-0.2, -0.15) is 0 Å². The molecule has 0 aliphatic heterocycles. The molecular formula is C10H10N2O. The molecule has 3 heteroatoms. The van der Waals surface area contributed by atoms with Crippen molar-refractivity contribution in [3.8, 4) is 11.4 Å². The van der Waals surface area contributed by atoms with Crippen LogP contribution in [0.25, 0.3) is 5.69 Å². The zero-order chi connectivity index (χ0) is 9.26. The van der Waals surface area contributed by atoms with Gasteiger partial charge in [-0.1, -0.05) is 0 Å². The van der Waals surface area contributed by atoms with Crippen LogP contribution in [0.2, 0.25) is 0 Å². The van der Waals surface area contributed by atoms with Gasteiger partial charge in [-0.3, -0.25) is 0 Å². The van der Waals surface area contributed by atoms with Gasteiger partial charge >= 0.3 is 0 Å². The third-order valence-corrected chi connectivity index (χ3v) is 1.87. The van der Waals surface area contributed by atoms with Gasteiger partial charge in [0.2, 0.25) is 0 Å². The Kier molecular flexibility index (Phi) is 1.70. The molecule has 3 N–H and O–H groups in total. The fraction of sp³-hybridized carbons (Fsp3) is 0. The number of nitrogens with zero attached hydrogens (tertiary/aromatic N) is 1. The van der Waals surface area contributed by atoms with E-state index in [0.717, 1.165) is 11.4 Å². The number of hydrogen-bond acceptors (Lipinski definition) is 2. The van der Waals surface area contributed by atoms with E-state index in [1.54, 1.807) is 18.5 Å². The molecule has 2 rings (SSSR count). The first-order chi connectivity index (χ1) is 6.25. The fourth-order valence-corrected chi connectivity index (χ4v) is 1.19. The van der Waals surface area contributed by atoms with E-state index in [1.165, 1.54) is 0 Å². The number of anilines is 1. The molecule has 0 atom stereocenters. The Morgan fingerprint density at radius 1 is 1.08 bits per heavy atom. The quantitative estimate of drug-likeness (QED) is 0.647. The van der Waals surface area contributed by atoms with E-state index in [-0.39, 0.29) is 5.75 Å². The van der Waals surface area contributed by atoms with E-state index in [1.807, 2.05) is 28.8 Å². The van der Waals surface area contributed by atoms with E-state index >= 15 is 0 Å². The molecule has 3 nitrogen and oxygen atoms in total. The highest BCUT2D eigenvalue weighted by atomic mass is 16.3. The van der Waals surface area contributed by atoms with Crippen LogP contribution in [0, 0.1) is 0 Å². The molecule has 0 saturated heterocycles. The molecular weight excluding hydrogens is 164 g/mol. The largest absolute Gasteiger partial charge is 0.506 e. The topological polar surface area (TPSA) is 51.2 Å². The molecule has 0 saturated carbocycles. The Morgan fingerprint density at radius 3 is 2.31 bits per heavy atom. The third-order valence-electron chi connectivity index (χ3n) is 1.87. The van der Waals surface area contributed by atoms with Gasteiger partial charge < -0.3 is 15.4 Å². The van der Waals surface area contributed by atoms with Crippen molar-refractivity contribution in [3.05, 3.63) is 42.7 Å². The summed E-state index contributed by atoms with van der Waals surface area (Å²) in [6, 6.07) is 9.08. The molecule has 0 aliphatic carbocycles. The van der Waals surface area contributed by atoms with Crippen molar-refractivity contribution in [2.45, 2.75) is 0 Å². The summed E-state index contributed by atoms with van der Waals surface area (Å²) in [6.07, 6.45) is 3.44. The average molecular weight is 174 g/mol. The average Bonchev–Trinajstić information content (AvgIpc) is 2.53. The first-order valence-corrected chi connectivity index (χ1v) is 3.98. The lowest BCUT2D eigenvalue weighted by molar-refractivity contribution is 0.475. The number of aromatic nitrogens is 1. The minimum Gasteiger partial charge on any atom is -0.506 e. The standard InChI is InChI=1S/C10H10N2O/c11-8-1-3-9(4-2-8)12-6-5-10(13)7-12/h1-7,13H,11H2. The molecule has 0 aliphatic rings. The predicted octanol–water partition coefficient (Wildman–Crippen LogP) is 1.77. The van der Waals surface area contributed by atoms with Crippen molar-refractivity contribution in [3.63, 3.8) is 0 Å². The van der Waals surface area contributed by atoms with Crippen molar-refractivity contribution in [2.75, 3.05) is 5.73 Å². The van der Waals surface area contributed by atoms with Gasteiger partial charge in [-0.05, 0) is 30.3 Å². The van der Waals surface area contributed by atoms with Crippen molar-refractivity contribution >= 4 is 5.69 Å². The number of benzene rings is 1. The summed E-state index contributed by atoms with van der Waals surface area (Å²) in [6.45, 7) is 0. The summed E-state index contributed by atoms with van der Waals surface area (Å²) < 4.78 is 1.83. The second-order valence-electron chi connectivity index (χ2n) is 2.87. The molecule has 0 spiro atoms. The van der Waals surface area contributed by atoms with Crippen molar-refractivity contribution in [1.29, 1.82) is 0 Å². The maximum Gasteiger partial charge on any atom is 0.133 e. The van der Waals surface area contributed by atoms with Gasteiger partial charge in [0.05, 0.1) is 6.20 Å². The second-order valence-corrected chi connectivity index (χ2v) is 2.87. The van der Waals surface area contributed by atoms with Crippen LogP contribution >= 0.6 is 0 Å². The van der Waals surface area contributed by atoms with E-state index in [0.29, 0.717) is 0 Å². The first-order valence-electron chi connectivity index (χ1n) is 3.98. The molecule has 0 amide bonds. The summed E-state index contributed by atoms with van der Waals surface area (Å²) in [5.74, 6) is 0.261. The Morgan fingerprint density at radius 2 is 1.77 bits per heavy atom. The minimum atomic E-state index is 0.261. The number of nitrogens with two attached hydrogens (primary N) is 1. The minimum absolute atomic E-state index is 0.261. The zero-order valence-corrected chi connectivity index (χ0v) is 7.01. The van der Waals surface area contributed by atoms with Crippen molar-refractivity contribution < 1.29 is 5.11 Å². The third kappa shape index (κ3) is 1.49. The predicted molar refractivity (Wildman–Crippen MR) is 51.8 cm³/mol. The van der Waals surface area contributed by atoms with E-state index < -0.39 is 0 Å². The molecule has 1 aromatic carbocycles. The maximum absolute atomic E-state index is 9.12. The highest BCUT2D eigenvalue weighted by Gasteiger charge is 1.96. The van der Waals surface area contributed by atoms with Crippen molar-refractivity contribution in [2.24, 2.45) is 0 Å². The van der Waals surface area contributed by atoms with Gasteiger partial charge in [-0.15, -0.1) is 0 Å². The molecule has 0 bridgehead atoms. The van der Waals surface area contributed by atoms with Crippen LogP contribution in [0.1, 0.15) is 0 Å². The Bertz CT molecular complexity index is 403. The van der Waals surface area contributed by atoms with Crippen LogP contribution in [0.5, 0.6) is 5.75 Å². The van der Waals surface area contributed by atoms with Gasteiger partial charge in [-0.25, -0.2) is 0 Å². The maximum atomic E-state index is 9.12. The molecule has 13 heavy (non-hydrogen) atoms. The smallest absolute Gasteiger partial charge is 0.133 e. The van der Waals surface area contributed by atoms with Crippen LogP contribution < -0.4 is 5.73 Å². The number of hydrogen-bond donors (Lipinski definition) is 2. The molecule has 0 fully saturated rings. The lowest BCUT2D eigenvalue weighted by Gasteiger charge is -2.01. The van der Waals surface area contributed by atoms with Gasteiger partial charge in [0.1, 0.15) is 5.75 Å². The van der Waals surface area contributed by atoms with Crippen molar-refractivity contribution in [1.82, 2.24) is 4.57 Å². The van der Waals surface area contributed by atoms with Gasteiger partial charge in [0.25, 0.3) is 0 Å². The molecule has 0 unspecified atom stereocenters.